The van der Waals surface area contributed by atoms with Crippen LogP contribution in [0.15, 0.2) is 16.7 Å². The number of hydrogen-bond donors (Lipinski definition) is 3. The van der Waals surface area contributed by atoms with Crippen LogP contribution < -0.4 is 16.4 Å². The number of nitrogens with two attached hydrogens (primary N) is 1. The molecule has 0 spiro atoms. The van der Waals surface area contributed by atoms with E-state index in [0.717, 1.165) is 12.8 Å². The predicted molar refractivity (Wildman–Crippen MR) is 85.8 cm³/mol. The summed E-state index contributed by atoms with van der Waals surface area (Å²) in [5, 5.41) is 5.72. The Morgan fingerprint density at radius 3 is 2.64 bits per heavy atom. The maximum atomic E-state index is 11.8. The molecule has 1 saturated carbocycles. The van der Waals surface area contributed by atoms with Gasteiger partial charge in [0.1, 0.15) is 12.0 Å². The van der Waals surface area contributed by atoms with Gasteiger partial charge in [0, 0.05) is 19.0 Å². The fourth-order valence-electron chi connectivity index (χ4n) is 2.55. The van der Waals surface area contributed by atoms with Crippen molar-refractivity contribution in [3.8, 4) is 0 Å². The number of rotatable bonds is 6. The monoisotopic (exact) mass is 329 g/mol. The molecule has 1 aromatic rings. The zero-order chi connectivity index (χ0) is 15.1. The Labute approximate surface area is 136 Å². The van der Waals surface area contributed by atoms with Gasteiger partial charge in [-0.1, -0.05) is 19.3 Å². The Balaban J connectivity index is 0.00000242. The number of amides is 2. The van der Waals surface area contributed by atoms with Crippen LogP contribution in [0.1, 0.15) is 54.6 Å². The van der Waals surface area contributed by atoms with Crippen molar-refractivity contribution in [3.63, 3.8) is 0 Å². The highest BCUT2D eigenvalue weighted by atomic mass is 35.5. The minimum atomic E-state index is -0.246. The quantitative estimate of drug-likeness (QED) is 0.740. The summed E-state index contributed by atoms with van der Waals surface area (Å²) in [4.78, 5) is 23.6. The third-order valence-electron chi connectivity index (χ3n) is 3.73. The largest absolute Gasteiger partial charge is 0.467 e. The highest BCUT2D eigenvalue weighted by molar-refractivity contribution is 5.94. The Morgan fingerprint density at radius 1 is 1.27 bits per heavy atom. The van der Waals surface area contributed by atoms with Crippen LogP contribution in [0.25, 0.3) is 0 Å². The summed E-state index contributed by atoms with van der Waals surface area (Å²) in [6.45, 7) is 0.581. The lowest BCUT2D eigenvalue weighted by molar-refractivity contribution is -0.121. The molecule has 1 aliphatic rings. The maximum Gasteiger partial charge on any atom is 0.254 e. The average Bonchev–Trinajstić information content (AvgIpc) is 2.97. The first kappa shape index (κ1) is 18.5. The number of carbonyl (C=O) groups excluding carboxylic acids is 2. The van der Waals surface area contributed by atoms with Gasteiger partial charge in [0.15, 0.2) is 0 Å². The van der Waals surface area contributed by atoms with E-state index in [-0.39, 0.29) is 30.8 Å². The van der Waals surface area contributed by atoms with Gasteiger partial charge in [0.2, 0.25) is 5.91 Å². The first-order valence-corrected chi connectivity index (χ1v) is 7.54. The van der Waals surface area contributed by atoms with E-state index in [2.05, 4.69) is 10.6 Å². The van der Waals surface area contributed by atoms with E-state index in [4.69, 9.17) is 10.2 Å². The fourth-order valence-corrected chi connectivity index (χ4v) is 2.55. The van der Waals surface area contributed by atoms with E-state index < -0.39 is 0 Å². The zero-order valence-electron chi connectivity index (χ0n) is 12.6. The second-order valence-electron chi connectivity index (χ2n) is 5.41. The number of nitrogens with one attached hydrogen (secondary N) is 2. The molecule has 0 aliphatic heterocycles. The number of hydrogen-bond acceptors (Lipinski definition) is 4. The molecule has 0 radical (unpaired) electrons. The van der Waals surface area contributed by atoms with Crippen molar-refractivity contribution in [2.24, 2.45) is 5.73 Å². The molecule has 124 valence electrons. The van der Waals surface area contributed by atoms with Crippen LogP contribution in [0, 0.1) is 0 Å². The first-order valence-electron chi connectivity index (χ1n) is 7.54. The van der Waals surface area contributed by atoms with E-state index >= 15 is 0 Å². The molecular formula is C15H24ClN3O3. The molecule has 1 heterocycles. The molecule has 0 saturated heterocycles. The van der Waals surface area contributed by atoms with Crippen LogP contribution >= 0.6 is 12.4 Å². The van der Waals surface area contributed by atoms with Gasteiger partial charge in [-0.3, -0.25) is 9.59 Å². The topological polar surface area (TPSA) is 97.4 Å². The van der Waals surface area contributed by atoms with E-state index in [1.807, 2.05) is 0 Å². The maximum absolute atomic E-state index is 11.8. The van der Waals surface area contributed by atoms with Crippen LogP contribution in [0.3, 0.4) is 0 Å². The van der Waals surface area contributed by atoms with Crippen LogP contribution in [0.4, 0.5) is 0 Å². The van der Waals surface area contributed by atoms with Crippen LogP contribution in [0.2, 0.25) is 0 Å². The van der Waals surface area contributed by atoms with Crippen molar-refractivity contribution in [2.75, 3.05) is 6.54 Å². The van der Waals surface area contributed by atoms with Crippen LogP contribution in [-0.2, 0) is 11.3 Å². The third kappa shape index (κ3) is 5.69. The van der Waals surface area contributed by atoms with E-state index in [9.17, 15) is 9.59 Å². The number of halogens is 1. The molecule has 0 atom stereocenters. The molecule has 0 aromatic carbocycles. The van der Waals surface area contributed by atoms with Crippen molar-refractivity contribution < 1.29 is 14.0 Å². The SMILES string of the molecule is Cl.NCc1cc(C(=O)NCCC(=O)NC2CCCCC2)co1. The lowest BCUT2D eigenvalue weighted by Crippen LogP contribution is -2.38. The van der Waals surface area contributed by atoms with Gasteiger partial charge in [-0.15, -0.1) is 12.4 Å². The standard InChI is InChI=1S/C15H23N3O3.ClH/c16-9-13-8-11(10-21-13)15(20)17-7-6-14(19)18-12-4-2-1-3-5-12;/h8,10,12H,1-7,9,16H2,(H,17,20)(H,18,19);1H. The lowest BCUT2D eigenvalue weighted by Gasteiger charge is -2.22. The lowest BCUT2D eigenvalue weighted by atomic mass is 9.95. The van der Waals surface area contributed by atoms with Crippen molar-refractivity contribution in [1.29, 1.82) is 0 Å². The molecular weight excluding hydrogens is 306 g/mol. The fraction of sp³-hybridized carbons (Fsp3) is 0.600. The van der Waals surface area contributed by atoms with Gasteiger partial charge in [-0.25, -0.2) is 0 Å². The first-order chi connectivity index (χ1) is 10.2. The smallest absolute Gasteiger partial charge is 0.254 e. The number of furan rings is 1. The van der Waals surface area contributed by atoms with Gasteiger partial charge < -0.3 is 20.8 Å². The summed E-state index contributed by atoms with van der Waals surface area (Å²) in [5.41, 5.74) is 5.85. The van der Waals surface area contributed by atoms with Gasteiger partial charge in [0.05, 0.1) is 12.1 Å². The summed E-state index contributed by atoms with van der Waals surface area (Å²) in [6, 6.07) is 1.92. The normalized spacial score (nSPS) is 15.0. The summed E-state index contributed by atoms with van der Waals surface area (Å²) in [7, 11) is 0. The Morgan fingerprint density at radius 2 is 2.00 bits per heavy atom. The molecule has 7 heteroatoms. The van der Waals surface area contributed by atoms with E-state index in [0.29, 0.717) is 30.3 Å². The molecule has 1 fully saturated rings. The Hall–Kier alpha value is -1.53. The average molecular weight is 330 g/mol. The summed E-state index contributed by atoms with van der Waals surface area (Å²) >= 11 is 0. The minimum absolute atomic E-state index is 0. The molecule has 6 nitrogen and oxygen atoms in total. The molecule has 0 bridgehead atoms. The summed E-state index contributed by atoms with van der Waals surface area (Å²) < 4.78 is 5.10. The van der Waals surface area contributed by atoms with Crippen molar-refractivity contribution in [3.05, 3.63) is 23.7 Å². The highest BCUT2D eigenvalue weighted by Gasteiger charge is 2.15. The molecule has 2 rings (SSSR count). The molecule has 22 heavy (non-hydrogen) atoms. The zero-order valence-corrected chi connectivity index (χ0v) is 13.4. The molecule has 0 unspecified atom stereocenters. The van der Waals surface area contributed by atoms with Crippen molar-refractivity contribution in [1.82, 2.24) is 10.6 Å². The summed E-state index contributed by atoms with van der Waals surface area (Å²) in [6.07, 6.45) is 7.43. The van der Waals surface area contributed by atoms with Gasteiger partial charge in [-0.05, 0) is 18.9 Å². The third-order valence-corrected chi connectivity index (χ3v) is 3.73. The predicted octanol–water partition coefficient (Wildman–Crippen LogP) is 1.73. The van der Waals surface area contributed by atoms with E-state index in [1.165, 1.54) is 25.5 Å². The summed E-state index contributed by atoms with van der Waals surface area (Å²) in [5.74, 6) is 0.316. The number of carbonyl (C=O) groups is 2. The minimum Gasteiger partial charge on any atom is -0.467 e. The molecule has 1 aromatic heterocycles. The molecule has 4 N–H and O–H groups in total. The Kier molecular flexibility index (Phi) is 7.98. The van der Waals surface area contributed by atoms with E-state index in [1.54, 1.807) is 6.07 Å². The molecule has 1 aliphatic carbocycles. The second-order valence-corrected chi connectivity index (χ2v) is 5.41. The highest BCUT2D eigenvalue weighted by Crippen LogP contribution is 2.17. The van der Waals surface area contributed by atoms with Gasteiger partial charge in [0.25, 0.3) is 5.91 Å². The Bertz CT molecular complexity index is 484. The second kappa shape index (κ2) is 9.48. The van der Waals surface area contributed by atoms with Crippen LogP contribution in [-0.4, -0.2) is 24.4 Å². The van der Waals surface area contributed by atoms with Gasteiger partial charge >= 0.3 is 0 Å². The molecule has 2 amide bonds. The van der Waals surface area contributed by atoms with Crippen LogP contribution in [0.5, 0.6) is 0 Å². The van der Waals surface area contributed by atoms with Crippen molar-refractivity contribution in [2.45, 2.75) is 51.1 Å². The van der Waals surface area contributed by atoms with Crippen molar-refractivity contribution >= 4 is 24.2 Å². The van der Waals surface area contributed by atoms with Gasteiger partial charge in [-0.2, -0.15) is 0 Å².